The van der Waals surface area contributed by atoms with Crippen molar-refractivity contribution in [1.82, 2.24) is 0 Å². The van der Waals surface area contributed by atoms with Gasteiger partial charge in [-0.3, -0.25) is 10.1 Å². The summed E-state index contributed by atoms with van der Waals surface area (Å²) in [7, 11) is 0. The van der Waals surface area contributed by atoms with E-state index in [1.54, 1.807) is 52.0 Å². The Kier molecular flexibility index (Phi) is 4.92. The van der Waals surface area contributed by atoms with E-state index in [0.29, 0.717) is 17.8 Å². The molecule has 0 aliphatic heterocycles. The minimum atomic E-state index is -0.564. The van der Waals surface area contributed by atoms with Crippen LogP contribution in [0.5, 0.6) is 0 Å². The van der Waals surface area contributed by atoms with Crippen molar-refractivity contribution in [3.8, 4) is 0 Å². The van der Waals surface area contributed by atoms with Gasteiger partial charge in [-0.2, -0.15) is 0 Å². The highest BCUT2D eigenvalue weighted by molar-refractivity contribution is 5.97. The summed E-state index contributed by atoms with van der Waals surface area (Å²) < 4.78 is 5.17. The van der Waals surface area contributed by atoms with E-state index in [-0.39, 0.29) is 5.91 Å². The molecule has 0 heterocycles. The lowest BCUT2D eigenvalue weighted by molar-refractivity contribution is -0.115. The Hall–Kier alpha value is -2.04. The van der Waals surface area contributed by atoms with E-state index in [1.807, 2.05) is 0 Å². The van der Waals surface area contributed by atoms with E-state index in [9.17, 15) is 9.59 Å². The number of anilines is 2. The Morgan fingerprint density at radius 3 is 2.11 bits per heavy atom. The van der Waals surface area contributed by atoms with Crippen LogP contribution in [-0.4, -0.2) is 17.6 Å². The molecule has 1 rings (SSSR count). The zero-order chi connectivity index (χ0) is 14.5. The van der Waals surface area contributed by atoms with Crippen LogP contribution in [0.3, 0.4) is 0 Å². The van der Waals surface area contributed by atoms with Crippen LogP contribution in [0.4, 0.5) is 16.2 Å². The lowest BCUT2D eigenvalue weighted by atomic mass is 10.2. The van der Waals surface area contributed by atoms with E-state index in [2.05, 4.69) is 10.6 Å². The van der Waals surface area contributed by atoms with Crippen molar-refractivity contribution in [2.75, 3.05) is 10.6 Å². The molecule has 1 aromatic rings. The van der Waals surface area contributed by atoms with Crippen molar-refractivity contribution in [2.24, 2.45) is 0 Å². The van der Waals surface area contributed by atoms with Crippen molar-refractivity contribution in [1.29, 1.82) is 0 Å². The van der Waals surface area contributed by atoms with Crippen molar-refractivity contribution in [3.63, 3.8) is 0 Å². The highest BCUT2D eigenvalue weighted by Crippen LogP contribution is 2.22. The van der Waals surface area contributed by atoms with E-state index in [1.165, 1.54) is 0 Å². The Bertz CT molecular complexity index is 464. The highest BCUT2D eigenvalue weighted by Gasteiger charge is 2.17. The molecule has 1 aromatic carbocycles. The Morgan fingerprint density at radius 2 is 1.63 bits per heavy atom. The molecule has 5 nitrogen and oxygen atoms in total. The maximum atomic E-state index is 11.7. The first-order chi connectivity index (χ1) is 8.81. The second kappa shape index (κ2) is 6.22. The molecule has 0 aromatic heterocycles. The van der Waals surface area contributed by atoms with Gasteiger partial charge in [0.05, 0.1) is 11.4 Å². The Labute approximate surface area is 113 Å². The van der Waals surface area contributed by atoms with Gasteiger partial charge in [0, 0.05) is 6.42 Å². The molecule has 0 bridgehead atoms. The lowest BCUT2D eigenvalue weighted by Gasteiger charge is -2.20. The van der Waals surface area contributed by atoms with Crippen LogP contribution in [0.25, 0.3) is 0 Å². The summed E-state index contributed by atoms with van der Waals surface area (Å²) in [6.07, 6.45) is -0.175. The standard InChI is InChI=1S/C14H20N2O3/c1-5-12(17)15-10-8-6-7-9-11(10)16-13(18)19-14(2,3)4/h6-9H,5H2,1-4H3,(H,15,17)(H,16,18). The molecule has 0 unspecified atom stereocenters. The van der Waals surface area contributed by atoms with Gasteiger partial charge in [0.25, 0.3) is 0 Å². The van der Waals surface area contributed by atoms with Crippen LogP contribution in [0.1, 0.15) is 34.1 Å². The number of rotatable bonds is 3. The summed E-state index contributed by atoms with van der Waals surface area (Å²) in [5, 5.41) is 5.34. The maximum absolute atomic E-state index is 11.7. The molecule has 0 spiro atoms. The van der Waals surface area contributed by atoms with Crippen molar-refractivity contribution < 1.29 is 14.3 Å². The van der Waals surface area contributed by atoms with Gasteiger partial charge in [-0.05, 0) is 32.9 Å². The van der Waals surface area contributed by atoms with Gasteiger partial charge < -0.3 is 10.1 Å². The third-order valence-electron chi connectivity index (χ3n) is 2.16. The smallest absolute Gasteiger partial charge is 0.412 e. The van der Waals surface area contributed by atoms with Gasteiger partial charge in [0.1, 0.15) is 5.60 Å². The van der Waals surface area contributed by atoms with E-state index in [4.69, 9.17) is 4.74 Å². The minimum Gasteiger partial charge on any atom is -0.444 e. The molecule has 19 heavy (non-hydrogen) atoms. The number of hydrogen-bond donors (Lipinski definition) is 2. The largest absolute Gasteiger partial charge is 0.444 e. The molecule has 0 fully saturated rings. The van der Waals surface area contributed by atoms with Crippen LogP contribution in [0.2, 0.25) is 0 Å². The second-order valence-electron chi connectivity index (χ2n) is 5.07. The number of benzene rings is 1. The molecule has 2 amide bonds. The zero-order valence-electron chi connectivity index (χ0n) is 11.7. The number of hydrogen-bond acceptors (Lipinski definition) is 3. The highest BCUT2D eigenvalue weighted by atomic mass is 16.6. The van der Waals surface area contributed by atoms with E-state index >= 15 is 0 Å². The number of para-hydroxylation sites is 2. The van der Waals surface area contributed by atoms with Gasteiger partial charge >= 0.3 is 6.09 Å². The lowest BCUT2D eigenvalue weighted by Crippen LogP contribution is -2.27. The number of carbonyl (C=O) groups excluding carboxylic acids is 2. The molecular weight excluding hydrogens is 244 g/mol. The molecular formula is C14H20N2O3. The first-order valence-electron chi connectivity index (χ1n) is 6.20. The number of nitrogens with one attached hydrogen (secondary N) is 2. The summed E-state index contributed by atoms with van der Waals surface area (Å²) in [4.78, 5) is 23.1. The Balaban J connectivity index is 2.78. The number of carbonyl (C=O) groups is 2. The quantitative estimate of drug-likeness (QED) is 0.879. The Morgan fingerprint density at radius 1 is 1.11 bits per heavy atom. The minimum absolute atomic E-state index is 0.113. The molecule has 0 aliphatic carbocycles. The molecule has 5 heteroatoms. The van der Waals surface area contributed by atoms with Crippen molar-refractivity contribution in [3.05, 3.63) is 24.3 Å². The molecule has 0 aliphatic rings. The fourth-order valence-electron chi connectivity index (χ4n) is 1.35. The van der Waals surface area contributed by atoms with Gasteiger partial charge in [0.2, 0.25) is 5.91 Å². The number of ether oxygens (including phenoxy) is 1. The predicted molar refractivity (Wildman–Crippen MR) is 75.2 cm³/mol. The van der Waals surface area contributed by atoms with Crippen LogP contribution in [0.15, 0.2) is 24.3 Å². The second-order valence-corrected chi connectivity index (χ2v) is 5.07. The average Bonchev–Trinajstić information content (AvgIpc) is 2.29. The SMILES string of the molecule is CCC(=O)Nc1ccccc1NC(=O)OC(C)(C)C. The van der Waals surface area contributed by atoms with Gasteiger partial charge in [-0.25, -0.2) is 4.79 Å². The maximum Gasteiger partial charge on any atom is 0.412 e. The van der Waals surface area contributed by atoms with Gasteiger partial charge in [-0.1, -0.05) is 19.1 Å². The summed E-state index contributed by atoms with van der Waals surface area (Å²) >= 11 is 0. The first kappa shape index (κ1) is 15.0. The molecule has 0 radical (unpaired) electrons. The summed E-state index contributed by atoms with van der Waals surface area (Å²) in [6, 6.07) is 6.98. The topological polar surface area (TPSA) is 67.4 Å². The summed E-state index contributed by atoms with van der Waals surface area (Å²) in [5.41, 5.74) is 0.504. The van der Waals surface area contributed by atoms with Crippen LogP contribution >= 0.6 is 0 Å². The zero-order valence-corrected chi connectivity index (χ0v) is 11.7. The molecule has 0 saturated heterocycles. The molecule has 104 valence electrons. The summed E-state index contributed by atoms with van der Waals surface area (Å²) in [6.45, 7) is 7.13. The predicted octanol–water partition coefficient (Wildman–Crippen LogP) is 3.38. The van der Waals surface area contributed by atoms with E-state index in [0.717, 1.165) is 0 Å². The third kappa shape index (κ3) is 5.42. The third-order valence-corrected chi connectivity index (χ3v) is 2.16. The monoisotopic (exact) mass is 264 g/mol. The number of amides is 2. The molecule has 2 N–H and O–H groups in total. The first-order valence-corrected chi connectivity index (χ1v) is 6.20. The van der Waals surface area contributed by atoms with Crippen molar-refractivity contribution >= 4 is 23.4 Å². The van der Waals surface area contributed by atoms with Gasteiger partial charge in [-0.15, -0.1) is 0 Å². The van der Waals surface area contributed by atoms with Crippen LogP contribution in [-0.2, 0) is 9.53 Å². The van der Waals surface area contributed by atoms with Crippen molar-refractivity contribution in [2.45, 2.75) is 39.7 Å². The van der Waals surface area contributed by atoms with E-state index < -0.39 is 11.7 Å². The summed E-state index contributed by atoms with van der Waals surface area (Å²) in [5.74, 6) is -0.113. The normalized spacial score (nSPS) is 10.7. The fourth-order valence-corrected chi connectivity index (χ4v) is 1.35. The van der Waals surface area contributed by atoms with Gasteiger partial charge in [0.15, 0.2) is 0 Å². The van der Waals surface area contributed by atoms with Crippen LogP contribution < -0.4 is 10.6 Å². The molecule has 0 atom stereocenters. The van der Waals surface area contributed by atoms with Crippen LogP contribution in [0, 0.1) is 0 Å². The average molecular weight is 264 g/mol. The fraction of sp³-hybridized carbons (Fsp3) is 0.429. The molecule has 0 saturated carbocycles.